The van der Waals surface area contributed by atoms with Gasteiger partial charge in [0.15, 0.2) is 18.1 Å². The lowest BCUT2D eigenvalue weighted by atomic mass is 10.1. The summed E-state index contributed by atoms with van der Waals surface area (Å²) in [7, 11) is 3.04. The molecule has 0 spiro atoms. The number of nitro groups is 1. The summed E-state index contributed by atoms with van der Waals surface area (Å²) in [5.74, 6) is 0.953. The zero-order valence-corrected chi connectivity index (χ0v) is 15.7. The summed E-state index contributed by atoms with van der Waals surface area (Å²) < 4.78 is 20.6. The van der Waals surface area contributed by atoms with Gasteiger partial charge in [-0.2, -0.15) is 4.98 Å². The van der Waals surface area contributed by atoms with E-state index in [1.54, 1.807) is 18.2 Å². The van der Waals surface area contributed by atoms with Crippen molar-refractivity contribution in [3.8, 4) is 22.9 Å². The Bertz CT molecular complexity index is 1010. The maximum atomic E-state index is 12.1. The van der Waals surface area contributed by atoms with Gasteiger partial charge in [0.2, 0.25) is 5.82 Å². The number of hydrogen-bond donors (Lipinski definition) is 0. The summed E-state index contributed by atoms with van der Waals surface area (Å²) in [5, 5.41) is 14.5. The quantitative estimate of drug-likeness (QED) is 0.319. The summed E-state index contributed by atoms with van der Waals surface area (Å²) in [6.45, 7) is -0.188. The van der Waals surface area contributed by atoms with E-state index in [0.29, 0.717) is 22.6 Å². The number of hydrogen-bond acceptors (Lipinski definition) is 9. The van der Waals surface area contributed by atoms with Crippen molar-refractivity contribution >= 4 is 11.7 Å². The maximum absolute atomic E-state index is 12.1. The number of nitro benzene ring substituents is 1. The Balaban J connectivity index is 1.58. The lowest BCUT2D eigenvalue weighted by molar-refractivity contribution is -0.384. The molecule has 0 unspecified atom stereocenters. The molecular weight excluding hydrogens is 382 g/mol. The third kappa shape index (κ3) is 4.86. The fourth-order valence-electron chi connectivity index (χ4n) is 2.51. The van der Waals surface area contributed by atoms with Crippen LogP contribution in [0.5, 0.6) is 11.5 Å². The van der Waals surface area contributed by atoms with Crippen LogP contribution in [-0.4, -0.2) is 35.3 Å². The fourth-order valence-corrected chi connectivity index (χ4v) is 2.51. The molecule has 0 N–H and O–H groups in total. The van der Waals surface area contributed by atoms with Crippen LogP contribution in [0.15, 0.2) is 47.0 Å². The first-order valence-corrected chi connectivity index (χ1v) is 8.44. The summed E-state index contributed by atoms with van der Waals surface area (Å²) in [6, 6.07) is 10.8. The molecule has 0 aliphatic rings. The molecule has 2 aromatic carbocycles. The number of rotatable bonds is 8. The molecule has 0 radical (unpaired) electrons. The molecule has 0 bridgehead atoms. The van der Waals surface area contributed by atoms with Gasteiger partial charge in [-0.1, -0.05) is 11.2 Å². The van der Waals surface area contributed by atoms with E-state index >= 15 is 0 Å². The number of non-ortho nitro benzene ring substituents is 1. The molecule has 0 saturated heterocycles. The van der Waals surface area contributed by atoms with Crippen molar-refractivity contribution in [1.82, 2.24) is 10.1 Å². The molecule has 0 amide bonds. The fraction of sp³-hybridized carbons (Fsp3) is 0.211. The van der Waals surface area contributed by atoms with Gasteiger partial charge in [-0.05, 0) is 29.8 Å². The number of aromatic nitrogens is 2. The molecule has 0 atom stereocenters. The van der Waals surface area contributed by atoms with Crippen LogP contribution in [0.3, 0.4) is 0 Å². The smallest absolute Gasteiger partial charge is 0.310 e. The van der Waals surface area contributed by atoms with E-state index in [0.717, 1.165) is 0 Å². The van der Waals surface area contributed by atoms with Crippen LogP contribution in [0.1, 0.15) is 11.5 Å². The molecule has 150 valence electrons. The molecular formula is C19H17N3O7. The monoisotopic (exact) mass is 399 g/mol. The average molecular weight is 399 g/mol. The SMILES string of the molecule is COc1ccc(CC(=O)OCc2nc(-c3ccc([N+](=O)[O-])cc3)no2)cc1OC. The van der Waals surface area contributed by atoms with Gasteiger partial charge in [0, 0.05) is 17.7 Å². The van der Waals surface area contributed by atoms with Crippen LogP contribution in [0, 0.1) is 10.1 Å². The Labute approximate surface area is 165 Å². The van der Waals surface area contributed by atoms with Crippen LogP contribution in [0.2, 0.25) is 0 Å². The largest absolute Gasteiger partial charge is 0.493 e. The van der Waals surface area contributed by atoms with E-state index in [9.17, 15) is 14.9 Å². The van der Waals surface area contributed by atoms with Crippen molar-refractivity contribution in [2.75, 3.05) is 14.2 Å². The lowest BCUT2D eigenvalue weighted by Gasteiger charge is -2.09. The van der Waals surface area contributed by atoms with Gasteiger partial charge in [-0.25, -0.2) is 0 Å². The van der Waals surface area contributed by atoms with Gasteiger partial charge in [0.05, 0.1) is 25.6 Å². The molecule has 0 fully saturated rings. The van der Waals surface area contributed by atoms with Gasteiger partial charge in [-0.3, -0.25) is 14.9 Å². The Kier molecular flexibility index (Phi) is 6.03. The van der Waals surface area contributed by atoms with Crippen molar-refractivity contribution < 1.29 is 28.5 Å². The Morgan fingerprint density at radius 3 is 2.48 bits per heavy atom. The van der Waals surface area contributed by atoms with Crippen LogP contribution >= 0.6 is 0 Å². The van der Waals surface area contributed by atoms with Gasteiger partial charge in [-0.15, -0.1) is 0 Å². The molecule has 10 nitrogen and oxygen atoms in total. The molecule has 1 aromatic heterocycles. The second-order valence-electron chi connectivity index (χ2n) is 5.84. The van der Waals surface area contributed by atoms with E-state index in [-0.39, 0.29) is 30.4 Å². The van der Waals surface area contributed by atoms with Crippen molar-refractivity contribution in [1.29, 1.82) is 0 Å². The number of nitrogens with zero attached hydrogens (tertiary/aromatic N) is 3. The predicted molar refractivity (Wildman–Crippen MR) is 99.4 cm³/mol. The predicted octanol–water partition coefficient (Wildman–Crippen LogP) is 2.95. The van der Waals surface area contributed by atoms with Crippen LogP contribution in [0.4, 0.5) is 5.69 Å². The molecule has 0 saturated carbocycles. The van der Waals surface area contributed by atoms with E-state index in [1.807, 2.05) is 0 Å². The second kappa shape index (κ2) is 8.83. The zero-order valence-electron chi connectivity index (χ0n) is 15.7. The minimum Gasteiger partial charge on any atom is -0.493 e. The lowest BCUT2D eigenvalue weighted by Crippen LogP contribution is -2.08. The number of carbonyl (C=O) groups is 1. The van der Waals surface area contributed by atoms with Crippen LogP contribution in [-0.2, 0) is 22.6 Å². The third-order valence-corrected chi connectivity index (χ3v) is 3.96. The van der Waals surface area contributed by atoms with Crippen molar-refractivity contribution in [3.63, 3.8) is 0 Å². The minimum atomic E-state index is -0.497. The highest BCUT2D eigenvalue weighted by Gasteiger charge is 2.14. The number of esters is 1. The number of ether oxygens (including phenoxy) is 3. The molecule has 3 rings (SSSR count). The average Bonchev–Trinajstić information content (AvgIpc) is 3.21. The van der Waals surface area contributed by atoms with E-state index in [2.05, 4.69) is 10.1 Å². The zero-order chi connectivity index (χ0) is 20.8. The maximum Gasteiger partial charge on any atom is 0.310 e. The summed E-state index contributed by atoms with van der Waals surface area (Å²) in [6.07, 6.45) is 0.0314. The Morgan fingerprint density at radius 2 is 1.83 bits per heavy atom. The van der Waals surface area contributed by atoms with Crippen LogP contribution in [0.25, 0.3) is 11.4 Å². The van der Waals surface area contributed by atoms with Gasteiger partial charge >= 0.3 is 5.97 Å². The molecule has 1 heterocycles. The molecule has 0 aliphatic carbocycles. The van der Waals surface area contributed by atoms with Gasteiger partial charge in [0.1, 0.15) is 0 Å². The highest BCUT2D eigenvalue weighted by Crippen LogP contribution is 2.27. The first-order valence-electron chi connectivity index (χ1n) is 8.44. The highest BCUT2D eigenvalue weighted by atomic mass is 16.6. The number of methoxy groups -OCH3 is 2. The Hall–Kier alpha value is -3.95. The second-order valence-corrected chi connectivity index (χ2v) is 5.84. The van der Waals surface area contributed by atoms with Crippen LogP contribution < -0.4 is 9.47 Å². The number of carbonyl (C=O) groups excluding carboxylic acids is 1. The summed E-state index contributed by atoms with van der Waals surface area (Å²) in [4.78, 5) is 26.4. The van der Waals surface area contributed by atoms with E-state index in [4.69, 9.17) is 18.7 Å². The van der Waals surface area contributed by atoms with Crippen molar-refractivity contribution in [3.05, 3.63) is 64.0 Å². The van der Waals surface area contributed by atoms with E-state index in [1.165, 1.54) is 38.5 Å². The summed E-state index contributed by atoms with van der Waals surface area (Å²) in [5.41, 5.74) is 1.20. The third-order valence-electron chi connectivity index (χ3n) is 3.96. The highest BCUT2D eigenvalue weighted by molar-refractivity contribution is 5.73. The first-order chi connectivity index (χ1) is 14.0. The summed E-state index contributed by atoms with van der Waals surface area (Å²) >= 11 is 0. The topological polar surface area (TPSA) is 127 Å². The van der Waals surface area contributed by atoms with Crippen molar-refractivity contribution in [2.45, 2.75) is 13.0 Å². The Morgan fingerprint density at radius 1 is 1.10 bits per heavy atom. The molecule has 3 aromatic rings. The van der Waals surface area contributed by atoms with Gasteiger partial charge in [0.25, 0.3) is 11.6 Å². The standard InChI is InChI=1S/C19H17N3O7/c1-26-15-8-3-12(9-16(15)27-2)10-18(23)28-11-17-20-19(21-29-17)13-4-6-14(7-5-13)22(24)25/h3-9H,10-11H2,1-2H3. The van der Waals surface area contributed by atoms with Gasteiger partial charge < -0.3 is 18.7 Å². The molecule has 29 heavy (non-hydrogen) atoms. The van der Waals surface area contributed by atoms with Crippen molar-refractivity contribution in [2.24, 2.45) is 0 Å². The number of benzene rings is 2. The molecule has 10 heteroatoms. The first kappa shape index (κ1) is 19.8. The van der Waals surface area contributed by atoms with E-state index < -0.39 is 10.9 Å². The normalized spacial score (nSPS) is 10.4. The molecule has 0 aliphatic heterocycles. The minimum absolute atomic E-state index is 0.0314.